The summed E-state index contributed by atoms with van der Waals surface area (Å²) >= 11 is 3.75. The van der Waals surface area contributed by atoms with Crippen molar-refractivity contribution < 1.29 is 13.2 Å². The Balaban J connectivity index is 1.48. The fourth-order valence-corrected chi connectivity index (χ4v) is 5.12. The summed E-state index contributed by atoms with van der Waals surface area (Å²) in [6.45, 7) is 5.71. The first kappa shape index (κ1) is 25.8. The molecule has 190 valence electrons. The number of aryl methyl sites for hydroxylation is 3. The number of alkyl halides is 3. The van der Waals surface area contributed by atoms with E-state index in [1.54, 1.807) is 12.1 Å². The van der Waals surface area contributed by atoms with Crippen molar-refractivity contribution in [3.05, 3.63) is 112 Å². The molecule has 3 aromatic carbocycles. The van der Waals surface area contributed by atoms with Crippen molar-refractivity contribution in [3.8, 4) is 44.9 Å². The number of aromatic nitrogens is 3. The van der Waals surface area contributed by atoms with Gasteiger partial charge in [-0.25, -0.2) is 9.97 Å². The molecule has 5 rings (SSSR count). The summed E-state index contributed by atoms with van der Waals surface area (Å²) in [5, 5.41) is 0. The van der Waals surface area contributed by atoms with Gasteiger partial charge in [-0.05, 0) is 67.3 Å². The van der Waals surface area contributed by atoms with E-state index in [1.165, 1.54) is 29.8 Å². The van der Waals surface area contributed by atoms with Gasteiger partial charge in [-0.2, -0.15) is 13.2 Å². The van der Waals surface area contributed by atoms with Gasteiger partial charge in [-0.3, -0.25) is 4.98 Å². The van der Waals surface area contributed by atoms with E-state index < -0.39 is 11.9 Å². The Hall–Kier alpha value is -3.84. The summed E-state index contributed by atoms with van der Waals surface area (Å²) < 4.78 is 40.5. The number of nitrogens with zero attached hydrogens (tertiary/aromatic N) is 3. The molecule has 0 fully saturated rings. The quantitative estimate of drug-likeness (QED) is 0.215. The first-order valence-corrected chi connectivity index (χ1v) is 12.7. The highest BCUT2D eigenvalue weighted by Crippen LogP contribution is 2.38. The van der Waals surface area contributed by atoms with E-state index in [0.717, 1.165) is 32.8 Å². The van der Waals surface area contributed by atoms with Gasteiger partial charge in [-0.15, -0.1) is 0 Å². The van der Waals surface area contributed by atoms with Crippen LogP contribution in [0.5, 0.6) is 0 Å². The Labute approximate surface area is 227 Å². The maximum Gasteiger partial charge on any atom is 0.433 e. The molecule has 2 heterocycles. The normalized spacial score (nSPS) is 11.6. The zero-order valence-electron chi connectivity index (χ0n) is 20.9. The molecule has 2 aromatic heterocycles. The molecule has 0 saturated heterocycles. The fourth-order valence-electron chi connectivity index (χ4n) is 4.53. The van der Waals surface area contributed by atoms with Crippen molar-refractivity contribution >= 4 is 15.9 Å². The minimum absolute atomic E-state index is 0.00380. The summed E-state index contributed by atoms with van der Waals surface area (Å²) in [6.07, 6.45) is -3.04. The Kier molecular flexibility index (Phi) is 6.88. The largest absolute Gasteiger partial charge is 0.433 e. The highest BCUT2D eigenvalue weighted by molar-refractivity contribution is 9.10. The van der Waals surface area contributed by atoms with Gasteiger partial charge in [0.15, 0.2) is 5.82 Å². The van der Waals surface area contributed by atoms with Crippen LogP contribution in [0.3, 0.4) is 0 Å². The molecule has 0 amide bonds. The van der Waals surface area contributed by atoms with Crippen molar-refractivity contribution in [2.45, 2.75) is 26.9 Å². The minimum Gasteiger partial charge on any atom is -0.255 e. The van der Waals surface area contributed by atoms with E-state index in [2.05, 4.69) is 81.1 Å². The fraction of sp³-hybridized carbons (Fsp3) is 0.129. The smallest absolute Gasteiger partial charge is 0.255 e. The Morgan fingerprint density at radius 2 is 1.34 bits per heavy atom. The van der Waals surface area contributed by atoms with Crippen LogP contribution in [0.4, 0.5) is 13.2 Å². The lowest BCUT2D eigenvalue weighted by Gasteiger charge is -2.14. The third-order valence-electron chi connectivity index (χ3n) is 6.18. The van der Waals surface area contributed by atoms with Crippen LogP contribution in [-0.4, -0.2) is 15.0 Å². The molecule has 0 N–H and O–H groups in total. The van der Waals surface area contributed by atoms with Gasteiger partial charge in [0.2, 0.25) is 0 Å². The molecule has 0 unspecified atom stereocenters. The van der Waals surface area contributed by atoms with Crippen molar-refractivity contribution in [3.63, 3.8) is 0 Å². The zero-order chi connectivity index (χ0) is 27.0. The highest BCUT2D eigenvalue weighted by Gasteiger charge is 2.33. The summed E-state index contributed by atoms with van der Waals surface area (Å²) in [7, 11) is 0. The monoisotopic (exact) mass is 573 g/mol. The van der Waals surface area contributed by atoms with Gasteiger partial charge in [0.25, 0.3) is 0 Å². The van der Waals surface area contributed by atoms with E-state index in [9.17, 15) is 13.2 Å². The van der Waals surface area contributed by atoms with Crippen LogP contribution in [0.15, 0.2) is 89.5 Å². The summed E-state index contributed by atoms with van der Waals surface area (Å²) in [4.78, 5) is 12.4. The van der Waals surface area contributed by atoms with Gasteiger partial charge in [-0.1, -0.05) is 81.7 Å². The van der Waals surface area contributed by atoms with Crippen LogP contribution in [-0.2, 0) is 6.18 Å². The molecule has 7 heteroatoms. The topological polar surface area (TPSA) is 38.7 Å². The molecule has 0 saturated carbocycles. The molecule has 0 aliphatic rings. The highest BCUT2D eigenvalue weighted by atomic mass is 79.9. The predicted octanol–water partition coefficient (Wildman–Crippen LogP) is 9.25. The van der Waals surface area contributed by atoms with E-state index in [4.69, 9.17) is 0 Å². The second-order valence-electron chi connectivity index (χ2n) is 9.26. The standard InChI is InChI=1S/C31H23BrF3N3/c1-18-12-19(2)14-23(13-18)24-6-4-5-7-25(24)26-10-8-21(16-27(26)32)28-11-9-22(17-36-28)30-37-20(3)15-29(38-30)31(33,34)35/h4-17H,1-3H3. The van der Waals surface area contributed by atoms with Crippen LogP contribution < -0.4 is 0 Å². The molecule has 0 radical (unpaired) electrons. The number of halogens is 4. The van der Waals surface area contributed by atoms with E-state index in [0.29, 0.717) is 11.3 Å². The molecule has 0 bridgehead atoms. The van der Waals surface area contributed by atoms with Gasteiger partial charge in [0.05, 0.1) is 5.69 Å². The van der Waals surface area contributed by atoms with Crippen LogP contribution in [0.2, 0.25) is 0 Å². The predicted molar refractivity (Wildman–Crippen MR) is 148 cm³/mol. The Morgan fingerprint density at radius 1 is 0.658 bits per heavy atom. The van der Waals surface area contributed by atoms with Crippen molar-refractivity contribution in [2.75, 3.05) is 0 Å². The molecular weight excluding hydrogens is 551 g/mol. The average Bonchev–Trinajstić information content (AvgIpc) is 2.87. The van der Waals surface area contributed by atoms with Crippen LogP contribution in [0, 0.1) is 20.8 Å². The van der Waals surface area contributed by atoms with Gasteiger partial charge in [0.1, 0.15) is 5.69 Å². The van der Waals surface area contributed by atoms with Crippen LogP contribution in [0.1, 0.15) is 22.5 Å². The molecule has 0 atom stereocenters. The minimum atomic E-state index is -4.54. The number of hydrogen-bond acceptors (Lipinski definition) is 3. The van der Waals surface area contributed by atoms with Crippen LogP contribution >= 0.6 is 15.9 Å². The lowest BCUT2D eigenvalue weighted by Crippen LogP contribution is -2.10. The molecule has 0 spiro atoms. The van der Waals surface area contributed by atoms with Gasteiger partial charge < -0.3 is 0 Å². The number of rotatable bonds is 4. The first-order valence-electron chi connectivity index (χ1n) is 12.0. The van der Waals surface area contributed by atoms with E-state index >= 15 is 0 Å². The molecular formula is C31H23BrF3N3. The molecule has 5 aromatic rings. The zero-order valence-corrected chi connectivity index (χ0v) is 22.5. The number of benzene rings is 3. The number of pyridine rings is 1. The molecule has 0 aliphatic heterocycles. The first-order chi connectivity index (χ1) is 18.1. The van der Waals surface area contributed by atoms with E-state index in [-0.39, 0.29) is 11.5 Å². The summed E-state index contributed by atoms with van der Waals surface area (Å²) in [5.41, 5.74) is 8.14. The third kappa shape index (κ3) is 5.38. The molecule has 38 heavy (non-hydrogen) atoms. The van der Waals surface area contributed by atoms with Crippen LogP contribution in [0.25, 0.3) is 44.9 Å². The van der Waals surface area contributed by atoms with Crippen molar-refractivity contribution in [1.82, 2.24) is 15.0 Å². The maximum absolute atomic E-state index is 13.2. The van der Waals surface area contributed by atoms with E-state index in [1.807, 2.05) is 24.3 Å². The van der Waals surface area contributed by atoms with Gasteiger partial charge in [0, 0.05) is 27.5 Å². The van der Waals surface area contributed by atoms with Gasteiger partial charge >= 0.3 is 6.18 Å². The number of hydrogen-bond donors (Lipinski definition) is 0. The Bertz CT molecular complexity index is 1620. The lowest BCUT2D eigenvalue weighted by molar-refractivity contribution is -0.141. The average molecular weight is 574 g/mol. The molecule has 3 nitrogen and oxygen atoms in total. The summed E-state index contributed by atoms with van der Waals surface area (Å²) in [6, 6.07) is 25.3. The SMILES string of the molecule is Cc1cc(C)cc(-c2ccccc2-c2ccc(-c3ccc(-c4nc(C)cc(C(F)(F)F)n4)cn3)cc2Br)c1. The van der Waals surface area contributed by atoms with Crippen molar-refractivity contribution in [2.24, 2.45) is 0 Å². The maximum atomic E-state index is 13.2. The lowest BCUT2D eigenvalue weighted by atomic mass is 9.92. The Morgan fingerprint density at radius 3 is 1.97 bits per heavy atom. The second-order valence-corrected chi connectivity index (χ2v) is 10.1. The summed E-state index contributed by atoms with van der Waals surface area (Å²) in [5.74, 6) is -0.00380. The van der Waals surface area contributed by atoms with Crippen molar-refractivity contribution in [1.29, 1.82) is 0 Å². The molecule has 0 aliphatic carbocycles. The third-order valence-corrected chi connectivity index (χ3v) is 6.84. The second kappa shape index (κ2) is 10.1.